The molecular formula is C26H31N5O4. The summed E-state index contributed by atoms with van der Waals surface area (Å²) >= 11 is 0. The molecule has 1 aromatic carbocycles. The minimum atomic E-state index is -0.240. The Hall–Kier alpha value is -3.88. The number of hydrogen-bond donors (Lipinski definition) is 2. The van der Waals surface area contributed by atoms with Crippen molar-refractivity contribution in [1.82, 2.24) is 20.5 Å². The van der Waals surface area contributed by atoms with Gasteiger partial charge in [0.1, 0.15) is 17.9 Å². The molecule has 0 aliphatic carbocycles. The largest absolute Gasteiger partial charge is 0.496 e. The molecule has 1 aliphatic rings. The fourth-order valence-electron chi connectivity index (χ4n) is 4.25. The summed E-state index contributed by atoms with van der Waals surface area (Å²) in [6, 6.07) is 9.33. The van der Waals surface area contributed by atoms with Crippen molar-refractivity contribution in [2.75, 3.05) is 26.1 Å². The Morgan fingerprint density at radius 1 is 1.17 bits per heavy atom. The van der Waals surface area contributed by atoms with Crippen LogP contribution in [-0.2, 0) is 11.2 Å². The number of amides is 1. The summed E-state index contributed by atoms with van der Waals surface area (Å²) in [4.78, 5) is 16.4. The molecule has 0 bridgehead atoms. The van der Waals surface area contributed by atoms with E-state index in [2.05, 4.69) is 32.7 Å². The highest BCUT2D eigenvalue weighted by molar-refractivity contribution is 5.91. The molecular weight excluding hydrogens is 446 g/mol. The van der Waals surface area contributed by atoms with E-state index in [-0.39, 0.29) is 24.1 Å². The fourth-order valence-corrected chi connectivity index (χ4v) is 4.25. The van der Waals surface area contributed by atoms with Gasteiger partial charge in [-0.1, -0.05) is 19.4 Å². The number of carbonyl (C=O) groups is 1. The number of nitrogens with one attached hydrogen (secondary N) is 2. The number of hydrogen-bond acceptors (Lipinski definition) is 8. The van der Waals surface area contributed by atoms with Gasteiger partial charge in [-0.15, -0.1) is 10.2 Å². The molecule has 1 unspecified atom stereocenters. The number of carbonyl (C=O) groups excluding carboxylic acids is 1. The molecule has 2 aromatic heterocycles. The molecule has 35 heavy (non-hydrogen) atoms. The molecule has 3 aromatic rings. The summed E-state index contributed by atoms with van der Waals surface area (Å²) in [5.74, 6) is 2.01. The average molecular weight is 478 g/mol. The van der Waals surface area contributed by atoms with Crippen LogP contribution in [0.5, 0.6) is 11.5 Å². The van der Waals surface area contributed by atoms with Crippen LogP contribution >= 0.6 is 0 Å². The number of ether oxygens (including phenoxy) is 2. The third-order valence-corrected chi connectivity index (χ3v) is 5.98. The summed E-state index contributed by atoms with van der Waals surface area (Å²) in [6.07, 6.45) is 7.02. The molecule has 4 rings (SSSR count). The maximum Gasteiger partial charge on any atom is 0.233 e. The summed E-state index contributed by atoms with van der Waals surface area (Å²) in [5, 5.41) is 14.8. The van der Waals surface area contributed by atoms with Crippen LogP contribution in [0, 0.1) is 0 Å². The van der Waals surface area contributed by atoms with Crippen molar-refractivity contribution in [1.29, 1.82) is 0 Å². The number of aromatic nitrogens is 3. The topological polar surface area (TPSA) is 111 Å². The number of benzene rings is 1. The summed E-state index contributed by atoms with van der Waals surface area (Å²) in [7, 11) is 3.33. The lowest BCUT2D eigenvalue weighted by Crippen LogP contribution is -2.28. The highest BCUT2D eigenvalue weighted by Crippen LogP contribution is 2.43. The molecule has 1 amide bonds. The molecule has 3 heterocycles. The first-order valence-corrected chi connectivity index (χ1v) is 11.8. The highest BCUT2D eigenvalue weighted by atomic mass is 16.5. The Labute approximate surface area is 205 Å². The Morgan fingerprint density at radius 3 is 2.66 bits per heavy atom. The number of rotatable bonds is 10. The van der Waals surface area contributed by atoms with E-state index in [4.69, 9.17) is 13.9 Å². The van der Waals surface area contributed by atoms with Gasteiger partial charge in [-0.3, -0.25) is 9.78 Å². The smallest absolute Gasteiger partial charge is 0.233 e. The van der Waals surface area contributed by atoms with E-state index in [1.165, 1.54) is 5.70 Å². The maximum absolute atomic E-state index is 12.4. The predicted octanol–water partition coefficient (Wildman–Crippen LogP) is 4.34. The zero-order valence-corrected chi connectivity index (χ0v) is 20.3. The first kappa shape index (κ1) is 24.3. The van der Waals surface area contributed by atoms with Crippen LogP contribution in [0.3, 0.4) is 0 Å². The van der Waals surface area contributed by atoms with Gasteiger partial charge < -0.3 is 24.5 Å². The molecule has 0 fully saturated rings. The van der Waals surface area contributed by atoms with E-state index >= 15 is 0 Å². The molecule has 184 valence electrons. The van der Waals surface area contributed by atoms with Crippen molar-refractivity contribution in [3.8, 4) is 11.5 Å². The molecule has 1 aliphatic heterocycles. The summed E-state index contributed by atoms with van der Waals surface area (Å²) in [5.41, 5.74) is 3.87. The Bertz CT molecular complexity index is 1150. The van der Waals surface area contributed by atoms with Crippen molar-refractivity contribution < 1.29 is 18.7 Å². The summed E-state index contributed by atoms with van der Waals surface area (Å²) in [6.45, 7) is 2.85. The molecule has 0 saturated carbocycles. The van der Waals surface area contributed by atoms with E-state index in [1.54, 1.807) is 38.7 Å². The second-order valence-corrected chi connectivity index (χ2v) is 8.38. The van der Waals surface area contributed by atoms with E-state index in [9.17, 15) is 4.79 Å². The van der Waals surface area contributed by atoms with Gasteiger partial charge in [-0.2, -0.15) is 0 Å². The van der Waals surface area contributed by atoms with E-state index in [0.29, 0.717) is 24.5 Å². The number of anilines is 1. The van der Waals surface area contributed by atoms with Gasteiger partial charge in [0.15, 0.2) is 0 Å². The van der Waals surface area contributed by atoms with Crippen molar-refractivity contribution in [2.45, 2.75) is 44.9 Å². The van der Waals surface area contributed by atoms with Crippen LogP contribution < -0.4 is 20.1 Å². The molecule has 0 saturated heterocycles. The van der Waals surface area contributed by atoms with E-state index < -0.39 is 0 Å². The first-order chi connectivity index (χ1) is 17.1. The molecule has 1 atom stereocenters. The van der Waals surface area contributed by atoms with Gasteiger partial charge >= 0.3 is 0 Å². The minimum absolute atomic E-state index is 0.00712. The van der Waals surface area contributed by atoms with Gasteiger partial charge in [0, 0.05) is 18.4 Å². The molecule has 0 spiro atoms. The normalized spacial score (nSPS) is 15.5. The van der Waals surface area contributed by atoms with Crippen LogP contribution in [0.2, 0.25) is 0 Å². The average Bonchev–Trinajstić information content (AvgIpc) is 3.35. The Kier molecular flexibility index (Phi) is 7.97. The van der Waals surface area contributed by atoms with E-state index in [1.807, 2.05) is 18.2 Å². The fraction of sp³-hybridized carbons (Fsp3) is 0.385. The number of methoxy groups -OCH3 is 2. The van der Waals surface area contributed by atoms with Crippen LogP contribution in [0.1, 0.15) is 55.9 Å². The monoisotopic (exact) mass is 477 g/mol. The third-order valence-electron chi connectivity index (χ3n) is 5.98. The van der Waals surface area contributed by atoms with Gasteiger partial charge in [0.2, 0.25) is 17.7 Å². The van der Waals surface area contributed by atoms with Crippen molar-refractivity contribution in [3.63, 3.8) is 0 Å². The lowest BCUT2D eigenvalue weighted by Gasteiger charge is -2.29. The van der Waals surface area contributed by atoms with Gasteiger partial charge in [0.25, 0.3) is 0 Å². The van der Waals surface area contributed by atoms with Crippen LogP contribution in [0.15, 0.2) is 52.8 Å². The second kappa shape index (κ2) is 11.5. The zero-order chi connectivity index (χ0) is 24.6. The van der Waals surface area contributed by atoms with Crippen LogP contribution in [0.4, 0.5) is 5.69 Å². The van der Waals surface area contributed by atoms with Crippen molar-refractivity contribution in [2.24, 2.45) is 0 Å². The number of allylic oxidation sites excluding steroid dienone is 2. The second-order valence-electron chi connectivity index (χ2n) is 8.38. The minimum Gasteiger partial charge on any atom is -0.496 e. The third kappa shape index (κ3) is 5.79. The van der Waals surface area contributed by atoms with E-state index in [0.717, 1.165) is 41.9 Å². The lowest BCUT2D eigenvalue weighted by molar-refractivity contribution is -0.115. The maximum atomic E-state index is 12.4. The SMILES string of the molecule is CCCCC1=C(c2c(OC)cccc2OC)CC(c2nnc(CC(=O)Nc3cccnc3)o2)CN1. The quantitative estimate of drug-likeness (QED) is 0.444. The molecule has 9 nitrogen and oxygen atoms in total. The molecule has 9 heteroatoms. The first-order valence-electron chi connectivity index (χ1n) is 11.8. The Balaban J connectivity index is 1.55. The standard InChI is InChI=1S/C26H31N5O4/c1-4-5-9-20-19(25-21(33-2)10-6-11-22(25)34-3)13-17(15-28-20)26-31-30-24(35-26)14-23(32)29-18-8-7-12-27-16-18/h6-8,10-12,16-17,28H,4-5,9,13-15H2,1-3H3,(H,29,32). The number of unbranched alkanes of at least 4 members (excludes halogenated alkanes) is 1. The summed E-state index contributed by atoms with van der Waals surface area (Å²) < 4.78 is 17.3. The van der Waals surface area contributed by atoms with Crippen LogP contribution in [-0.4, -0.2) is 41.9 Å². The molecule has 0 radical (unpaired) electrons. The predicted molar refractivity (Wildman–Crippen MR) is 132 cm³/mol. The van der Waals surface area contributed by atoms with Gasteiger partial charge in [-0.25, -0.2) is 0 Å². The number of pyridine rings is 1. The number of nitrogens with zero attached hydrogens (tertiary/aromatic N) is 3. The Morgan fingerprint density at radius 2 is 1.97 bits per heavy atom. The highest BCUT2D eigenvalue weighted by Gasteiger charge is 2.30. The van der Waals surface area contributed by atoms with Crippen molar-refractivity contribution >= 4 is 17.2 Å². The van der Waals surface area contributed by atoms with Gasteiger partial charge in [0.05, 0.1) is 37.6 Å². The molecule has 2 N–H and O–H groups in total. The van der Waals surface area contributed by atoms with Crippen LogP contribution in [0.25, 0.3) is 5.57 Å². The lowest BCUT2D eigenvalue weighted by atomic mass is 9.87. The van der Waals surface area contributed by atoms with Crippen molar-refractivity contribution in [3.05, 3.63) is 65.8 Å². The van der Waals surface area contributed by atoms with Gasteiger partial charge in [-0.05, 0) is 49.1 Å². The zero-order valence-electron chi connectivity index (χ0n) is 20.3.